The van der Waals surface area contributed by atoms with Crippen LogP contribution in [0, 0.1) is 0 Å². The molecule has 1 aromatic heterocycles. The van der Waals surface area contributed by atoms with Gasteiger partial charge in [-0.15, -0.1) is 11.3 Å². The molecule has 0 atom stereocenters. The average molecular weight is 444 g/mol. The number of amides is 2. The summed E-state index contributed by atoms with van der Waals surface area (Å²) in [6.45, 7) is 0. The smallest absolute Gasteiger partial charge is 0.253 e. The zero-order valence-electron chi connectivity index (χ0n) is 16.9. The van der Waals surface area contributed by atoms with Crippen molar-refractivity contribution in [2.75, 3.05) is 26.5 Å². The molecule has 8 heteroatoms. The molecule has 1 heterocycles. The largest absolute Gasteiger partial charge is 0.495 e. The molecule has 6 nitrogen and oxygen atoms in total. The van der Waals surface area contributed by atoms with E-state index in [-0.39, 0.29) is 18.2 Å². The first-order valence-electron chi connectivity index (χ1n) is 9.23. The van der Waals surface area contributed by atoms with Gasteiger partial charge in [0, 0.05) is 36.5 Å². The zero-order valence-corrected chi connectivity index (χ0v) is 18.5. The van der Waals surface area contributed by atoms with Crippen molar-refractivity contribution in [3.63, 3.8) is 0 Å². The van der Waals surface area contributed by atoms with Crippen LogP contribution in [0.2, 0.25) is 5.02 Å². The number of halogens is 1. The molecule has 3 rings (SSSR count). The number of nitrogens with one attached hydrogen (secondary N) is 1. The van der Waals surface area contributed by atoms with Gasteiger partial charge in [0.2, 0.25) is 5.91 Å². The number of hydrogen-bond donors (Lipinski definition) is 1. The molecule has 0 aliphatic rings. The maximum absolute atomic E-state index is 12.6. The molecule has 0 unspecified atom stereocenters. The summed E-state index contributed by atoms with van der Waals surface area (Å²) in [7, 11) is 4.86. The summed E-state index contributed by atoms with van der Waals surface area (Å²) in [5, 5.41) is 6.30. The lowest BCUT2D eigenvalue weighted by Gasteiger charge is -2.14. The van der Waals surface area contributed by atoms with Gasteiger partial charge < -0.3 is 15.0 Å². The predicted molar refractivity (Wildman–Crippen MR) is 120 cm³/mol. The van der Waals surface area contributed by atoms with E-state index in [2.05, 4.69) is 10.3 Å². The van der Waals surface area contributed by atoms with Crippen molar-refractivity contribution in [1.29, 1.82) is 0 Å². The molecule has 0 saturated heterocycles. The van der Waals surface area contributed by atoms with Crippen molar-refractivity contribution < 1.29 is 14.3 Å². The highest BCUT2D eigenvalue weighted by atomic mass is 35.5. The Morgan fingerprint density at radius 2 is 2.00 bits per heavy atom. The number of anilines is 1. The van der Waals surface area contributed by atoms with Crippen molar-refractivity contribution in [2.24, 2.45) is 0 Å². The lowest BCUT2D eigenvalue weighted by atomic mass is 10.1. The predicted octanol–water partition coefficient (Wildman–Crippen LogP) is 4.28. The maximum atomic E-state index is 12.6. The maximum Gasteiger partial charge on any atom is 0.253 e. The van der Waals surface area contributed by atoms with E-state index in [0.29, 0.717) is 34.1 Å². The lowest BCUT2D eigenvalue weighted by Crippen LogP contribution is -2.22. The van der Waals surface area contributed by atoms with Gasteiger partial charge in [-0.25, -0.2) is 4.98 Å². The average Bonchev–Trinajstić information content (AvgIpc) is 3.13. The molecule has 0 aliphatic carbocycles. The van der Waals surface area contributed by atoms with Crippen molar-refractivity contribution >= 4 is 40.4 Å². The molecule has 30 heavy (non-hydrogen) atoms. The summed E-state index contributed by atoms with van der Waals surface area (Å²) in [6.07, 6.45) is 0.788. The van der Waals surface area contributed by atoms with Crippen molar-refractivity contribution in [1.82, 2.24) is 9.88 Å². The Morgan fingerprint density at radius 3 is 2.70 bits per heavy atom. The topological polar surface area (TPSA) is 71.5 Å². The van der Waals surface area contributed by atoms with Gasteiger partial charge in [0.1, 0.15) is 5.75 Å². The van der Waals surface area contributed by atoms with Gasteiger partial charge in [0.25, 0.3) is 5.91 Å². The Kier molecular flexibility index (Phi) is 7.07. The van der Waals surface area contributed by atoms with Gasteiger partial charge in [-0.05, 0) is 35.9 Å². The molecular weight excluding hydrogens is 422 g/mol. The summed E-state index contributed by atoms with van der Waals surface area (Å²) in [5.41, 5.74) is 2.67. The van der Waals surface area contributed by atoms with Crippen LogP contribution in [0.5, 0.6) is 5.75 Å². The number of hydrogen-bond acceptors (Lipinski definition) is 5. The third-order valence-electron chi connectivity index (χ3n) is 4.31. The standard InChI is InChI=1S/C22H22ClN3O3S/c1-26(2)22(28)15-7-8-19(29-3)18(11-15)25-20(27)12-17-13-30-21(24-17)10-14-5-4-6-16(23)9-14/h4-9,11,13H,10,12H2,1-3H3,(H,25,27). The monoisotopic (exact) mass is 443 g/mol. The Labute approximate surface area is 184 Å². The summed E-state index contributed by atoms with van der Waals surface area (Å²) >= 11 is 7.54. The highest BCUT2D eigenvalue weighted by Crippen LogP contribution is 2.26. The van der Waals surface area contributed by atoms with Crippen LogP contribution < -0.4 is 10.1 Å². The molecule has 0 saturated carbocycles. The van der Waals surface area contributed by atoms with Crippen molar-refractivity contribution in [3.8, 4) is 5.75 Å². The summed E-state index contributed by atoms with van der Waals surface area (Å²) in [4.78, 5) is 30.8. The van der Waals surface area contributed by atoms with Gasteiger partial charge in [-0.3, -0.25) is 9.59 Å². The number of carbonyl (C=O) groups is 2. The third kappa shape index (κ3) is 5.58. The van der Waals surface area contributed by atoms with E-state index in [9.17, 15) is 9.59 Å². The third-order valence-corrected chi connectivity index (χ3v) is 5.44. The van der Waals surface area contributed by atoms with Crippen LogP contribution in [-0.2, 0) is 17.6 Å². The van der Waals surface area contributed by atoms with E-state index >= 15 is 0 Å². The Morgan fingerprint density at radius 1 is 1.20 bits per heavy atom. The second-order valence-corrected chi connectivity index (χ2v) is 8.26. The molecule has 0 bridgehead atoms. The normalized spacial score (nSPS) is 10.5. The minimum Gasteiger partial charge on any atom is -0.495 e. The Hall–Kier alpha value is -2.90. The van der Waals surface area contributed by atoms with Crippen LogP contribution in [0.15, 0.2) is 47.8 Å². The Balaban J connectivity index is 1.68. The molecule has 1 N–H and O–H groups in total. The van der Waals surface area contributed by atoms with Gasteiger partial charge in [-0.2, -0.15) is 0 Å². The molecule has 156 valence electrons. The van der Waals surface area contributed by atoms with Crippen LogP contribution in [0.1, 0.15) is 26.6 Å². The lowest BCUT2D eigenvalue weighted by molar-refractivity contribution is -0.115. The summed E-state index contributed by atoms with van der Waals surface area (Å²) in [5.74, 6) is 0.0965. The zero-order chi connectivity index (χ0) is 21.7. The number of benzene rings is 2. The van der Waals surface area contributed by atoms with Gasteiger partial charge in [-0.1, -0.05) is 23.7 Å². The van der Waals surface area contributed by atoms with E-state index in [1.54, 1.807) is 32.3 Å². The van der Waals surface area contributed by atoms with Gasteiger partial charge >= 0.3 is 0 Å². The quantitative estimate of drug-likeness (QED) is 0.591. The minimum absolute atomic E-state index is 0.126. The molecule has 3 aromatic rings. The highest BCUT2D eigenvalue weighted by Gasteiger charge is 2.15. The van der Waals surface area contributed by atoms with Crippen LogP contribution in [-0.4, -0.2) is 42.9 Å². The Bertz CT molecular complexity index is 1070. The molecular formula is C22H22ClN3O3S. The van der Waals surface area contributed by atoms with Crippen LogP contribution in [0.25, 0.3) is 0 Å². The number of ether oxygens (including phenoxy) is 1. The van der Waals surface area contributed by atoms with E-state index in [1.807, 2.05) is 29.6 Å². The SMILES string of the molecule is COc1ccc(C(=O)N(C)C)cc1NC(=O)Cc1csc(Cc2cccc(Cl)c2)n1. The minimum atomic E-state index is -0.234. The number of carbonyl (C=O) groups excluding carboxylic acids is 2. The number of thiazole rings is 1. The first kappa shape index (κ1) is 21.8. The number of aromatic nitrogens is 1. The van der Waals surface area contributed by atoms with Gasteiger partial charge in [0.05, 0.1) is 29.9 Å². The van der Waals surface area contributed by atoms with Gasteiger partial charge in [0.15, 0.2) is 0 Å². The number of rotatable bonds is 7. The molecule has 2 aromatic carbocycles. The van der Waals surface area contributed by atoms with Crippen LogP contribution in [0.3, 0.4) is 0 Å². The fraction of sp³-hybridized carbons (Fsp3) is 0.227. The van der Waals surface area contributed by atoms with E-state index in [4.69, 9.17) is 16.3 Å². The second kappa shape index (κ2) is 9.73. The number of nitrogens with zero attached hydrogens (tertiary/aromatic N) is 2. The summed E-state index contributed by atoms with van der Waals surface area (Å²) < 4.78 is 5.31. The van der Waals surface area contributed by atoms with Crippen molar-refractivity contribution in [2.45, 2.75) is 12.8 Å². The fourth-order valence-corrected chi connectivity index (χ4v) is 3.93. The molecule has 0 aliphatic heterocycles. The van der Waals surface area contributed by atoms with E-state index in [0.717, 1.165) is 10.6 Å². The second-order valence-electron chi connectivity index (χ2n) is 6.88. The molecule has 0 radical (unpaired) electrons. The number of methoxy groups -OCH3 is 1. The van der Waals surface area contributed by atoms with E-state index in [1.165, 1.54) is 23.3 Å². The first-order chi connectivity index (χ1) is 14.4. The molecule has 0 fully saturated rings. The van der Waals surface area contributed by atoms with Crippen molar-refractivity contribution in [3.05, 3.63) is 74.7 Å². The fourth-order valence-electron chi connectivity index (χ4n) is 2.89. The first-order valence-corrected chi connectivity index (χ1v) is 10.5. The summed E-state index contributed by atoms with van der Waals surface area (Å²) in [6, 6.07) is 12.6. The van der Waals surface area contributed by atoms with Crippen LogP contribution >= 0.6 is 22.9 Å². The van der Waals surface area contributed by atoms with Crippen LogP contribution in [0.4, 0.5) is 5.69 Å². The highest BCUT2D eigenvalue weighted by molar-refractivity contribution is 7.09. The molecule has 2 amide bonds. The van der Waals surface area contributed by atoms with E-state index < -0.39 is 0 Å². The molecule has 0 spiro atoms.